The Bertz CT molecular complexity index is 631. The molecule has 2 N–H and O–H groups in total. The lowest BCUT2D eigenvalue weighted by atomic mass is 10.1. The van der Waals surface area contributed by atoms with Crippen LogP contribution in [0.3, 0.4) is 0 Å². The lowest BCUT2D eigenvalue weighted by Gasteiger charge is -2.30. The van der Waals surface area contributed by atoms with Crippen LogP contribution in [-0.4, -0.2) is 65.1 Å². The minimum absolute atomic E-state index is 0. The highest BCUT2D eigenvalue weighted by atomic mass is 35.5. The number of benzene rings is 1. The largest absolute Gasteiger partial charge is 0.385 e. The second-order valence-corrected chi connectivity index (χ2v) is 6.58. The predicted octanol–water partition coefficient (Wildman–Crippen LogP) is 1.56. The van der Waals surface area contributed by atoms with Gasteiger partial charge in [0, 0.05) is 38.6 Å². The van der Waals surface area contributed by atoms with Crippen molar-refractivity contribution in [1.29, 1.82) is 0 Å². The van der Waals surface area contributed by atoms with E-state index < -0.39 is 5.60 Å². The number of hydrogen-bond donors (Lipinski definition) is 2. The van der Waals surface area contributed by atoms with Gasteiger partial charge < -0.3 is 19.7 Å². The second-order valence-electron chi connectivity index (χ2n) is 6.58. The molecule has 0 saturated carbocycles. The van der Waals surface area contributed by atoms with Crippen LogP contribution in [0.4, 0.5) is 0 Å². The molecule has 0 aliphatic carbocycles. The third-order valence-electron chi connectivity index (χ3n) is 4.22. The number of nitrogens with zero attached hydrogens (tertiary/aromatic N) is 3. The molecule has 1 aliphatic heterocycles. The molecule has 0 radical (unpaired) electrons. The zero-order chi connectivity index (χ0) is 16.8. The molecule has 6 nitrogen and oxygen atoms in total. The quantitative estimate of drug-likeness (QED) is 0.767. The Hall–Kier alpha value is -1.15. The van der Waals surface area contributed by atoms with Gasteiger partial charge in [-0.25, -0.2) is 4.98 Å². The zero-order valence-electron chi connectivity index (χ0n) is 15.0. The average Bonchev–Trinajstić information content (AvgIpc) is 2.86. The summed E-state index contributed by atoms with van der Waals surface area (Å²) in [5.41, 5.74) is 0.390. The fourth-order valence-corrected chi connectivity index (χ4v) is 3.10. The van der Waals surface area contributed by atoms with Crippen molar-refractivity contribution in [2.45, 2.75) is 18.7 Å². The molecule has 1 atom stereocenters. The number of rotatable bonds is 6. The molecule has 1 saturated heterocycles. The molecule has 0 spiro atoms. The van der Waals surface area contributed by atoms with Crippen LogP contribution in [0.25, 0.3) is 0 Å². The van der Waals surface area contributed by atoms with Crippen LogP contribution in [0.1, 0.15) is 11.4 Å². The topological polar surface area (TPSA) is 62.6 Å². The first-order chi connectivity index (χ1) is 11.6. The van der Waals surface area contributed by atoms with Crippen molar-refractivity contribution in [3.63, 3.8) is 0 Å². The summed E-state index contributed by atoms with van der Waals surface area (Å²) >= 11 is 0. The summed E-state index contributed by atoms with van der Waals surface area (Å²) in [4.78, 5) is 6.58. The molecule has 2 aromatic rings. The van der Waals surface area contributed by atoms with Crippen LogP contribution in [0.15, 0.2) is 42.7 Å². The van der Waals surface area contributed by atoms with Gasteiger partial charge in [0.25, 0.3) is 0 Å². The molecule has 1 aromatic heterocycles. The molecule has 26 heavy (non-hydrogen) atoms. The van der Waals surface area contributed by atoms with Crippen LogP contribution in [0.2, 0.25) is 0 Å². The van der Waals surface area contributed by atoms with Gasteiger partial charge in [0.05, 0.1) is 19.8 Å². The van der Waals surface area contributed by atoms with Gasteiger partial charge in [-0.15, -0.1) is 24.8 Å². The van der Waals surface area contributed by atoms with Gasteiger partial charge >= 0.3 is 0 Å². The molecule has 8 heteroatoms. The SMILES string of the molecule is CN(Cc1nccn1Cc1ccccc1)CC1(O)CNCCOC1.Cl.Cl. The van der Waals surface area contributed by atoms with Gasteiger partial charge in [0.2, 0.25) is 0 Å². The summed E-state index contributed by atoms with van der Waals surface area (Å²) in [5.74, 6) is 0.993. The van der Waals surface area contributed by atoms with E-state index in [0.29, 0.717) is 32.8 Å². The molecule has 0 amide bonds. The standard InChI is InChI=1S/C18H26N4O2.2ClH/c1-21(14-18(23)13-19-8-10-24-15-18)12-17-20-7-9-22(17)11-16-5-3-2-4-6-16;;/h2-7,9,19,23H,8,10-15H2,1H3;2*1H. The summed E-state index contributed by atoms with van der Waals surface area (Å²) in [6.07, 6.45) is 3.83. The number of ether oxygens (including phenoxy) is 1. The normalized spacial score (nSPS) is 20.1. The molecule has 1 fully saturated rings. The van der Waals surface area contributed by atoms with E-state index >= 15 is 0 Å². The number of likely N-dealkylation sites (N-methyl/N-ethyl adjacent to an activating group) is 1. The number of hydrogen-bond acceptors (Lipinski definition) is 5. The van der Waals surface area contributed by atoms with Crippen LogP contribution < -0.4 is 5.32 Å². The van der Waals surface area contributed by atoms with Gasteiger partial charge in [-0.1, -0.05) is 30.3 Å². The van der Waals surface area contributed by atoms with Crippen molar-refractivity contribution in [1.82, 2.24) is 19.8 Å². The molecular formula is C18H28Cl2N4O2. The molecule has 0 bridgehead atoms. The van der Waals surface area contributed by atoms with E-state index in [0.717, 1.165) is 18.9 Å². The number of aromatic nitrogens is 2. The fourth-order valence-electron chi connectivity index (χ4n) is 3.10. The Kier molecular flexibility index (Phi) is 9.57. The van der Waals surface area contributed by atoms with Crippen molar-refractivity contribution in [3.8, 4) is 0 Å². The Morgan fingerprint density at radius 1 is 1.31 bits per heavy atom. The lowest BCUT2D eigenvalue weighted by Crippen LogP contribution is -2.50. The molecule has 146 valence electrons. The first kappa shape index (κ1) is 22.9. The summed E-state index contributed by atoms with van der Waals surface area (Å²) in [7, 11) is 2.00. The van der Waals surface area contributed by atoms with E-state index in [1.807, 2.05) is 37.6 Å². The first-order valence-corrected chi connectivity index (χ1v) is 8.38. The number of halogens is 2. The third-order valence-corrected chi connectivity index (χ3v) is 4.22. The highest BCUT2D eigenvalue weighted by Crippen LogP contribution is 2.12. The Balaban J connectivity index is 0.00000169. The summed E-state index contributed by atoms with van der Waals surface area (Å²) in [5, 5.41) is 13.9. The van der Waals surface area contributed by atoms with Crippen molar-refractivity contribution in [2.75, 3.05) is 39.9 Å². The van der Waals surface area contributed by atoms with Crippen molar-refractivity contribution < 1.29 is 9.84 Å². The third kappa shape index (κ3) is 6.54. The van der Waals surface area contributed by atoms with E-state index in [-0.39, 0.29) is 24.8 Å². The van der Waals surface area contributed by atoms with Crippen LogP contribution in [-0.2, 0) is 17.8 Å². The Labute approximate surface area is 167 Å². The first-order valence-electron chi connectivity index (χ1n) is 8.38. The highest BCUT2D eigenvalue weighted by Gasteiger charge is 2.30. The second kappa shape index (κ2) is 10.9. The van der Waals surface area contributed by atoms with E-state index in [2.05, 4.69) is 31.9 Å². The molecule has 2 heterocycles. The molecule has 1 aromatic carbocycles. The average molecular weight is 403 g/mol. The van der Waals surface area contributed by atoms with E-state index in [9.17, 15) is 5.11 Å². The highest BCUT2D eigenvalue weighted by molar-refractivity contribution is 5.85. The maximum atomic E-state index is 10.7. The zero-order valence-corrected chi connectivity index (χ0v) is 16.6. The van der Waals surface area contributed by atoms with Crippen molar-refractivity contribution in [3.05, 3.63) is 54.1 Å². The monoisotopic (exact) mass is 402 g/mol. The van der Waals surface area contributed by atoms with Crippen molar-refractivity contribution in [2.24, 2.45) is 0 Å². The van der Waals surface area contributed by atoms with Gasteiger partial charge in [0.15, 0.2) is 0 Å². The maximum absolute atomic E-state index is 10.7. The number of β-amino-alcohol motifs (C(OH)–C–C–N with tert-alkyl or cyclic N) is 1. The Morgan fingerprint density at radius 2 is 2.08 bits per heavy atom. The lowest BCUT2D eigenvalue weighted by molar-refractivity contribution is -0.0465. The molecular weight excluding hydrogens is 375 g/mol. The predicted molar refractivity (Wildman–Crippen MR) is 107 cm³/mol. The molecule has 3 rings (SSSR count). The summed E-state index contributed by atoms with van der Waals surface area (Å²) in [6.45, 7) is 4.37. The maximum Gasteiger partial charge on any atom is 0.123 e. The Morgan fingerprint density at radius 3 is 2.85 bits per heavy atom. The van der Waals surface area contributed by atoms with Crippen molar-refractivity contribution >= 4 is 24.8 Å². The molecule has 1 aliphatic rings. The fraction of sp³-hybridized carbons (Fsp3) is 0.500. The van der Waals surface area contributed by atoms with Crippen LogP contribution in [0.5, 0.6) is 0 Å². The molecule has 1 unspecified atom stereocenters. The summed E-state index contributed by atoms with van der Waals surface area (Å²) < 4.78 is 7.64. The number of imidazole rings is 1. The minimum atomic E-state index is -0.859. The van der Waals surface area contributed by atoms with E-state index in [1.165, 1.54) is 5.56 Å². The summed E-state index contributed by atoms with van der Waals surface area (Å²) in [6, 6.07) is 10.4. The van der Waals surface area contributed by atoms with Gasteiger partial charge in [0.1, 0.15) is 11.4 Å². The minimum Gasteiger partial charge on any atom is -0.385 e. The van der Waals surface area contributed by atoms with Gasteiger partial charge in [-0.05, 0) is 12.6 Å². The van der Waals surface area contributed by atoms with Gasteiger partial charge in [-0.3, -0.25) is 4.90 Å². The smallest absolute Gasteiger partial charge is 0.123 e. The number of nitrogens with one attached hydrogen (secondary N) is 1. The van der Waals surface area contributed by atoms with E-state index in [1.54, 1.807) is 0 Å². The van der Waals surface area contributed by atoms with Crippen LogP contribution in [0, 0.1) is 0 Å². The van der Waals surface area contributed by atoms with Crippen LogP contribution >= 0.6 is 24.8 Å². The van der Waals surface area contributed by atoms with Gasteiger partial charge in [-0.2, -0.15) is 0 Å². The van der Waals surface area contributed by atoms with E-state index in [4.69, 9.17) is 4.74 Å². The number of aliphatic hydroxyl groups is 1.